The number of piperazine rings is 1. The van der Waals surface area contributed by atoms with Gasteiger partial charge in [-0.05, 0) is 12.8 Å². The van der Waals surface area contributed by atoms with Gasteiger partial charge >= 0.3 is 0 Å². The van der Waals surface area contributed by atoms with E-state index in [1.54, 1.807) is 30.4 Å². The van der Waals surface area contributed by atoms with Gasteiger partial charge in [-0.3, -0.25) is 19.6 Å². The molecule has 2 amide bonds. The van der Waals surface area contributed by atoms with Gasteiger partial charge in [0, 0.05) is 38.2 Å². The number of amides is 2. The van der Waals surface area contributed by atoms with E-state index in [-0.39, 0.29) is 30.2 Å². The number of aromatic amines is 1. The highest BCUT2D eigenvalue weighted by atomic mass is 16.2. The summed E-state index contributed by atoms with van der Waals surface area (Å²) in [7, 11) is 0. The smallest absolute Gasteiger partial charge is 0.276 e. The van der Waals surface area contributed by atoms with Crippen LogP contribution in [-0.2, 0) is 11.2 Å². The van der Waals surface area contributed by atoms with Gasteiger partial charge in [-0.2, -0.15) is 15.4 Å². The molecule has 0 aliphatic carbocycles. The van der Waals surface area contributed by atoms with E-state index in [1.807, 2.05) is 4.90 Å². The third-order valence-corrected chi connectivity index (χ3v) is 4.68. The third kappa shape index (κ3) is 3.71. The number of hydrogen-bond acceptors (Lipinski definition) is 6. The van der Waals surface area contributed by atoms with Crippen LogP contribution in [-0.4, -0.2) is 72.7 Å². The van der Waals surface area contributed by atoms with E-state index in [9.17, 15) is 9.59 Å². The molecule has 0 spiro atoms. The molecule has 2 aromatic rings. The van der Waals surface area contributed by atoms with Crippen molar-refractivity contribution in [3.63, 3.8) is 0 Å². The van der Waals surface area contributed by atoms with E-state index in [2.05, 4.69) is 39.2 Å². The van der Waals surface area contributed by atoms with Crippen molar-refractivity contribution in [3.05, 3.63) is 35.7 Å². The Balaban J connectivity index is 1.71. The van der Waals surface area contributed by atoms with Crippen molar-refractivity contribution in [3.8, 4) is 0 Å². The predicted octanol–water partition coefficient (Wildman–Crippen LogP) is 0.455. The summed E-state index contributed by atoms with van der Waals surface area (Å²) in [6, 6.07) is -0.0712. The van der Waals surface area contributed by atoms with E-state index in [0.29, 0.717) is 36.7 Å². The fraction of sp³-hybridized carbons (Fsp3) is 0.529. The Bertz CT molecular complexity index is 774. The number of aryl methyl sites for hydroxylation is 1. The second kappa shape index (κ2) is 7.59. The lowest BCUT2D eigenvalue weighted by Crippen LogP contribution is -2.58. The van der Waals surface area contributed by atoms with Crippen LogP contribution < -0.4 is 0 Å². The zero-order chi connectivity index (χ0) is 18.7. The van der Waals surface area contributed by atoms with Crippen LogP contribution in [0.1, 0.15) is 35.7 Å². The summed E-state index contributed by atoms with van der Waals surface area (Å²) in [6.45, 7) is 7.32. The van der Waals surface area contributed by atoms with E-state index in [0.717, 1.165) is 0 Å². The number of H-pyrrole nitrogens is 1. The largest absolute Gasteiger partial charge is 0.339 e. The van der Waals surface area contributed by atoms with Crippen molar-refractivity contribution in [1.82, 2.24) is 35.2 Å². The van der Waals surface area contributed by atoms with Gasteiger partial charge in [0.2, 0.25) is 5.91 Å². The van der Waals surface area contributed by atoms with E-state index < -0.39 is 0 Å². The maximum Gasteiger partial charge on any atom is 0.276 e. The summed E-state index contributed by atoms with van der Waals surface area (Å²) >= 11 is 0. The first-order valence-corrected chi connectivity index (χ1v) is 8.68. The Labute approximate surface area is 151 Å². The monoisotopic (exact) mass is 357 g/mol. The number of aromatic nitrogens is 5. The van der Waals surface area contributed by atoms with Crippen LogP contribution in [0, 0.1) is 12.8 Å². The number of nitrogens with zero attached hydrogens (tertiary/aromatic N) is 6. The Morgan fingerprint density at radius 1 is 1.27 bits per heavy atom. The van der Waals surface area contributed by atoms with Crippen LogP contribution in [0.15, 0.2) is 18.6 Å². The number of hydrogen-bond donors (Lipinski definition) is 1. The van der Waals surface area contributed by atoms with E-state index >= 15 is 0 Å². The Morgan fingerprint density at radius 3 is 2.69 bits per heavy atom. The van der Waals surface area contributed by atoms with Crippen LogP contribution in [0.3, 0.4) is 0 Å². The summed E-state index contributed by atoms with van der Waals surface area (Å²) < 4.78 is 0. The van der Waals surface area contributed by atoms with Crippen LogP contribution in [0.25, 0.3) is 0 Å². The molecular formula is C17H23N7O2. The van der Waals surface area contributed by atoms with Crippen LogP contribution in [0.5, 0.6) is 0 Å². The van der Waals surface area contributed by atoms with Gasteiger partial charge in [0.05, 0.1) is 23.9 Å². The van der Waals surface area contributed by atoms with E-state index in [1.165, 1.54) is 0 Å². The second-order valence-corrected chi connectivity index (χ2v) is 6.78. The molecule has 0 bridgehead atoms. The zero-order valence-electron chi connectivity index (χ0n) is 15.2. The van der Waals surface area contributed by atoms with Crippen molar-refractivity contribution in [1.29, 1.82) is 0 Å². The highest BCUT2D eigenvalue weighted by molar-refractivity contribution is 5.93. The summed E-state index contributed by atoms with van der Waals surface area (Å²) in [5, 5.41) is 10.4. The molecule has 3 rings (SSSR count). The molecule has 0 unspecified atom stereocenters. The fourth-order valence-electron chi connectivity index (χ4n) is 3.17. The van der Waals surface area contributed by atoms with Crippen LogP contribution in [0.4, 0.5) is 0 Å². The summed E-state index contributed by atoms with van der Waals surface area (Å²) in [5.41, 5.74) is 1.57. The predicted molar refractivity (Wildman–Crippen MR) is 93.1 cm³/mol. The molecule has 0 radical (unpaired) electrons. The quantitative estimate of drug-likeness (QED) is 0.851. The Kier molecular flexibility index (Phi) is 5.24. The molecule has 1 fully saturated rings. The van der Waals surface area contributed by atoms with Gasteiger partial charge < -0.3 is 9.80 Å². The van der Waals surface area contributed by atoms with Gasteiger partial charge in [-0.25, -0.2) is 0 Å². The maximum atomic E-state index is 12.8. The van der Waals surface area contributed by atoms with Crippen molar-refractivity contribution in [2.45, 2.75) is 33.2 Å². The molecule has 2 aromatic heterocycles. The normalized spacial score (nSPS) is 17.6. The van der Waals surface area contributed by atoms with Crippen LogP contribution in [0.2, 0.25) is 0 Å². The number of rotatable bonds is 4. The lowest BCUT2D eigenvalue weighted by atomic mass is 9.98. The first-order valence-electron chi connectivity index (χ1n) is 8.68. The first-order chi connectivity index (χ1) is 12.5. The summed E-state index contributed by atoms with van der Waals surface area (Å²) in [5.74, 6) is 0.0649. The summed E-state index contributed by atoms with van der Waals surface area (Å²) in [4.78, 5) is 37.2. The van der Waals surface area contributed by atoms with Crippen molar-refractivity contribution in [2.24, 2.45) is 5.92 Å². The molecule has 1 saturated heterocycles. The number of carbonyl (C=O) groups excluding carboxylic acids is 2. The summed E-state index contributed by atoms with van der Waals surface area (Å²) in [6.07, 6.45) is 4.98. The molecule has 3 heterocycles. The first kappa shape index (κ1) is 18.0. The molecule has 0 saturated carbocycles. The Morgan fingerprint density at radius 2 is 2.08 bits per heavy atom. The molecule has 1 aliphatic rings. The fourth-order valence-corrected chi connectivity index (χ4v) is 3.17. The molecule has 0 aromatic carbocycles. The maximum absolute atomic E-state index is 12.8. The minimum absolute atomic E-state index is 0.000802. The SMILES string of the molecule is Cc1n[nH]nc1C(=O)N1CCN(C(=O)Cc2cnccn2)C[C@@H]1C(C)C. The Hall–Kier alpha value is -2.84. The van der Waals surface area contributed by atoms with Crippen molar-refractivity contribution < 1.29 is 9.59 Å². The van der Waals surface area contributed by atoms with Gasteiger partial charge in [0.25, 0.3) is 5.91 Å². The lowest BCUT2D eigenvalue weighted by Gasteiger charge is -2.43. The molecule has 138 valence electrons. The number of nitrogens with one attached hydrogen (secondary N) is 1. The minimum atomic E-state index is -0.143. The minimum Gasteiger partial charge on any atom is -0.339 e. The average molecular weight is 357 g/mol. The van der Waals surface area contributed by atoms with Gasteiger partial charge in [-0.15, -0.1) is 0 Å². The van der Waals surface area contributed by atoms with Crippen LogP contribution >= 0.6 is 0 Å². The molecule has 1 atom stereocenters. The van der Waals surface area contributed by atoms with Gasteiger partial charge in [-0.1, -0.05) is 13.8 Å². The lowest BCUT2D eigenvalue weighted by molar-refractivity contribution is -0.133. The van der Waals surface area contributed by atoms with E-state index in [4.69, 9.17) is 0 Å². The molecular weight excluding hydrogens is 334 g/mol. The third-order valence-electron chi connectivity index (χ3n) is 4.68. The van der Waals surface area contributed by atoms with Crippen molar-refractivity contribution in [2.75, 3.05) is 19.6 Å². The standard InChI is InChI=1S/C17H23N7O2/c1-11(2)14-10-23(15(25)8-13-9-18-4-5-19-13)6-7-24(14)17(26)16-12(3)20-22-21-16/h4-5,9,11,14H,6-8,10H2,1-3H3,(H,20,21,22)/t14-/m1/s1. The molecule has 9 nitrogen and oxygen atoms in total. The second-order valence-electron chi connectivity index (χ2n) is 6.78. The highest BCUT2D eigenvalue weighted by Gasteiger charge is 2.36. The highest BCUT2D eigenvalue weighted by Crippen LogP contribution is 2.20. The topological polar surface area (TPSA) is 108 Å². The average Bonchev–Trinajstić information content (AvgIpc) is 3.07. The molecule has 26 heavy (non-hydrogen) atoms. The zero-order valence-corrected chi connectivity index (χ0v) is 15.2. The molecule has 1 N–H and O–H groups in total. The van der Waals surface area contributed by atoms with Crippen molar-refractivity contribution >= 4 is 11.8 Å². The van der Waals surface area contributed by atoms with Gasteiger partial charge in [0.15, 0.2) is 5.69 Å². The van der Waals surface area contributed by atoms with Gasteiger partial charge in [0.1, 0.15) is 0 Å². The molecule has 9 heteroatoms. The number of carbonyl (C=O) groups is 2. The molecule has 1 aliphatic heterocycles.